The lowest BCUT2D eigenvalue weighted by molar-refractivity contribution is 0.194. The Kier molecular flexibility index (Phi) is 5.98. The highest BCUT2D eigenvalue weighted by Gasteiger charge is 2.13. The third kappa shape index (κ3) is 5.08. The minimum absolute atomic E-state index is 0.294. The fraction of sp³-hybridized carbons (Fsp3) is 0.833. The molecule has 1 rings (SSSR count). The van der Waals surface area contributed by atoms with E-state index < -0.39 is 0 Å². The van der Waals surface area contributed by atoms with Gasteiger partial charge in [0, 0.05) is 18.2 Å². The summed E-state index contributed by atoms with van der Waals surface area (Å²) in [6, 6.07) is 0.294. The van der Waals surface area contributed by atoms with E-state index in [1.807, 2.05) is 4.68 Å². The van der Waals surface area contributed by atoms with Gasteiger partial charge in [-0.05, 0) is 25.5 Å². The zero-order valence-electron chi connectivity index (χ0n) is 11.1. The summed E-state index contributed by atoms with van der Waals surface area (Å²) in [4.78, 5) is 4.20. The van der Waals surface area contributed by atoms with Crippen LogP contribution in [0.15, 0.2) is 6.33 Å². The Morgan fingerprint density at radius 3 is 2.59 bits per heavy atom. The molecule has 98 valence electrons. The van der Waals surface area contributed by atoms with Gasteiger partial charge >= 0.3 is 0 Å². The van der Waals surface area contributed by atoms with E-state index in [4.69, 9.17) is 0 Å². The van der Waals surface area contributed by atoms with Crippen LogP contribution < -0.4 is 0 Å². The Morgan fingerprint density at radius 1 is 1.29 bits per heavy atom. The van der Waals surface area contributed by atoms with Crippen molar-refractivity contribution in [2.45, 2.75) is 46.3 Å². The average molecular weight is 257 g/mol. The first-order chi connectivity index (χ1) is 8.00. The van der Waals surface area contributed by atoms with Crippen molar-refractivity contribution in [2.24, 2.45) is 5.92 Å². The molecule has 1 aromatic rings. The fourth-order valence-corrected chi connectivity index (χ4v) is 2.56. The van der Waals surface area contributed by atoms with E-state index in [2.05, 4.69) is 37.8 Å². The van der Waals surface area contributed by atoms with Crippen LogP contribution in [0.25, 0.3) is 0 Å². The van der Waals surface area contributed by atoms with Gasteiger partial charge in [0.1, 0.15) is 12.2 Å². The van der Waals surface area contributed by atoms with E-state index in [0.29, 0.717) is 18.4 Å². The molecule has 1 atom stereocenters. The third-order valence-corrected chi connectivity index (χ3v) is 3.84. The first-order valence-electron chi connectivity index (χ1n) is 6.15. The molecule has 0 spiro atoms. The lowest BCUT2D eigenvalue weighted by Crippen LogP contribution is -2.19. The van der Waals surface area contributed by atoms with Crippen LogP contribution in [0.1, 0.15) is 39.6 Å². The van der Waals surface area contributed by atoms with Gasteiger partial charge in [-0.1, -0.05) is 13.8 Å². The third-order valence-electron chi connectivity index (χ3n) is 2.32. The molecule has 1 heterocycles. The van der Waals surface area contributed by atoms with Crippen LogP contribution in [0.2, 0.25) is 0 Å². The first-order valence-corrected chi connectivity index (χ1v) is 7.30. The second-order valence-corrected chi connectivity index (χ2v) is 6.08. The number of rotatable bonds is 7. The monoisotopic (exact) mass is 257 g/mol. The Hall–Kier alpha value is -0.550. The number of hydrogen-bond acceptors (Lipinski definition) is 4. The van der Waals surface area contributed by atoms with E-state index in [1.165, 1.54) is 0 Å². The van der Waals surface area contributed by atoms with E-state index in [-0.39, 0.29) is 6.10 Å². The molecule has 0 radical (unpaired) electrons. The van der Waals surface area contributed by atoms with Crippen molar-refractivity contribution < 1.29 is 5.11 Å². The van der Waals surface area contributed by atoms with Crippen LogP contribution in [0, 0.1) is 5.92 Å². The minimum Gasteiger partial charge on any atom is -0.392 e. The summed E-state index contributed by atoms with van der Waals surface area (Å²) in [5.41, 5.74) is 0. The van der Waals surface area contributed by atoms with Crippen molar-refractivity contribution in [1.29, 1.82) is 0 Å². The molecule has 0 bridgehead atoms. The molecule has 1 N–H and O–H groups in total. The van der Waals surface area contributed by atoms with Gasteiger partial charge in [-0.3, -0.25) is 0 Å². The van der Waals surface area contributed by atoms with Gasteiger partial charge in [0.05, 0.1) is 6.10 Å². The molecule has 1 aromatic heterocycles. The summed E-state index contributed by atoms with van der Waals surface area (Å²) < 4.78 is 1.87. The standard InChI is InChI=1S/C12H23N3OS/c1-9(2)6-17-7-11(16)5-12-13-8-14-15(12)10(3)4/h8-11,16H,5-7H2,1-4H3. The highest BCUT2D eigenvalue weighted by atomic mass is 32.2. The van der Waals surface area contributed by atoms with Gasteiger partial charge in [0.15, 0.2) is 0 Å². The smallest absolute Gasteiger partial charge is 0.138 e. The van der Waals surface area contributed by atoms with Crippen molar-refractivity contribution in [3.8, 4) is 0 Å². The second-order valence-electron chi connectivity index (χ2n) is 5.00. The maximum Gasteiger partial charge on any atom is 0.138 e. The van der Waals surface area contributed by atoms with Gasteiger partial charge in [-0.15, -0.1) is 0 Å². The van der Waals surface area contributed by atoms with Gasteiger partial charge < -0.3 is 5.11 Å². The molecule has 0 fully saturated rings. The molecule has 5 heteroatoms. The Morgan fingerprint density at radius 2 is 2.00 bits per heavy atom. The molecule has 4 nitrogen and oxygen atoms in total. The largest absolute Gasteiger partial charge is 0.392 e. The van der Waals surface area contributed by atoms with E-state index in [1.54, 1.807) is 18.1 Å². The summed E-state index contributed by atoms with van der Waals surface area (Å²) in [6.07, 6.45) is 1.81. The SMILES string of the molecule is CC(C)CSCC(O)Cc1ncnn1C(C)C. The average Bonchev–Trinajstić information content (AvgIpc) is 2.65. The molecule has 1 unspecified atom stereocenters. The number of aliphatic hydroxyl groups excluding tert-OH is 1. The summed E-state index contributed by atoms with van der Waals surface area (Å²) in [7, 11) is 0. The van der Waals surface area contributed by atoms with Crippen molar-refractivity contribution in [3.05, 3.63) is 12.2 Å². The highest BCUT2D eigenvalue weighted by molar-refractivity contribution is 7.99. The van der Waals surface area contributed by atoms with Crippen LogP contribution in [-0.4, -0.2) is 37.5 Å². The van der Waals surface area contributed by atoms with Gasteiger partial charge in [-0.2, -0.15) is 16.9 Å². The van der Waals surface area contributed by atoms with Gasteiger partial charge in [0.2, 0.25) is 0 Å². The van der Waals surface area contributed by atoms with Crippen molar-refractivity contribution in [2.75, 3.05) is 11.5 Å². The Bertz CT molecular complexity index is 325. The summed E-state index contributed by atoms with van der Waals surface area (Å²) >= 11 is 1.80. The molecule has 0 saturated heterocycles. The van der Waals surface area contributed by atoms with Gasteiger partial charge in [0.25, 0.3) is 0 Å². The van der Waals surface area contributed by atoms with Crippen LogP contribution >= 0.6 is 11.8 Å². The van der Waals surface area contributed by atoms with E-state index in [9.17, 15) is 5.11 Å². The Labute approximate surface area is 108 Å². The van der Waals surface area contributed by atoms with Crippen LogP contribution in [0.4, 0.5) is 0 Å². The van der Waals surface area contributed by atoms with Crippen molar-refractivity contribution in [3.63, 3.8) is 0 Å². The molecular formula is C12H23N3OS. The lowest BCUT2D eigenvalue weighted by Gasteiger charge is -2.13. The van der Waals surface area contributed by atoms with E-state index >= 15 is 0 Å². The molecule has 0 aromatic carbocycles. The number of nitrogens with zero attached hydrogens (tertiary/aromatic N) is 3. The zero-order chi connectivity index (χ0) is 12.8. The number of aromatic nitrogens is 3. The normalized spacial score (nSPS) is 13.6. The highest BCUT2D eigenvalue weighted by Crippen LogP contribution is 2.12. The first kappa shape index (κ1) is 14.5. The number of hydrogen-bond donors (Lipinski definition) is 1. The zero-order valence-corrected chi connectivity index (χ0v) is 11.9. The van der Waals surface area contributed by atoms with Crippen LogP contribution in [0.3, 0.4) is 0 Å². The Balaban J connectivity index is 2.39. The predicted octanol–water partition coefficient (Wildman–Crippen LogP) is 2.15. The molecule has 17 heavy (non-hydrogen) atoms. The van der Waals surface area contributed by atoms with Crippen LogP contribution in [-0.2, 0) is 6.42 Å². The molecule has 0 amide bonds. The quantitative estimate of drug-likeness (QED) is 0.813. The molecule has 0 aliphatic rings. The topological polar surface area (TPSA) is 50.9 Å². The summed E-state index contributed by atoms with van der Waals surface area (Å²) in [5, 5.41) is 14.1. The lowest BCUT2D eigenvalue weighted by atomic mass is 10.2. The second kappa shape index (κ2) is 7.01. The minimum atomic E-state index is -0.333. The van der Waals surface area contributed by atoms with Gasteiger partial charge in [-0.25, -0.2) is 9.67 Å². The molecular weight excluding hydrogens is 234 g/mol. The van der Waals surface area contributed by atoms with Crippen molar-refractivity contribution in [1.82, 2.24) is 14.8 Å². The number of aliphatic hydroxyl groups is 1. The van der Waals surface area contributed by atoms with Crippen LogP contribution in [0.5, 0.6) is 0 Å². The molecule has 0 aliphatic carbocycles. The summed E-state index contributed by atoms with van der Waals surface area (Å²) in [5.74, 6) is 3.40. The number of thioether (sulfide) groups is 1. The fourth-order valence-electron chi connectivity index (χ4n) is 1.56. The van der Waals surface area contributed by atoms with E-state index in [0.717, 1.165) is 17.3 Å². The molecule has 0 saturated carbocycles. The maximum atomic E-state index is 9.94. The predicted molar refractivity (Wildman–Crippen MR) is 72.3 cm³/mol. The molecule has 0 aliphatic heterocycles. The summed E-state index contributed by atoms with van der Waals surface area (Å²) in [6.45, 7) is 8.51. The van der Waals surface area contributed by atoms with Crippen molar-refractivity contribution >= 4 is 11.8 Å². The maximum absolute atomic E-state index is 9.94.